The standard InChI is InChI=1S/C20H32N4O.4C2HF3O2/c1-22-11-13-23(14-12-22)16-19-3-2-6-20(25-19)7-10-24(17-20)15-18-4-8-21-9-5-18;4*3-2(4,5)1(6)7/h4-5,8-9,19H,2-3,6-7,10-17H2,1H3;4*(H,6,7)/t19-,20-;;;;/m1..../s1. The molecule has 0 radical (unpaired) electrons. The van der Waals surface area contributed by atoms with Crippen LogP contribution < -0.4 is 0 Å². The Morgan fingerprint density at radius 2 is 1.09 bits per heavy atom. The average Bonchev–Trinajstić information content (AvgIpc) is 3.39. The first kappa shape index (κ1) is 49.0. The maximum absolute atomic E-state index is 10.6. The lowest BCUT2D eigenvalue weighted by Crippen LogP contribution is -2.51. The van der Waals surface area contributed by atoms with Gasteiger partial charge in [0.2, 0.25) is 0 Å². The number of rotatable bonds is 4. The Morgan fingerprint density at radius 1 is 0.698 bits per heavy atom. The summed E-state index contributed by atoms with van der Waals surface area (Å²) in [4.78, 5) is 47.3. The summed E-state index contributed by atoms with van der Waals surface area (Å²) >= 11 is 0. The highest BCUT2D eigenvalue weighted by Gasteiger charge is 2.43. The van der Waals surface area contributed by atoms with Crippen molar-refractivity contribution in [3.8, 4) is 0 Å². The molecular formula is C28H36F12N4O9. The van der Waals surface area contributed by atoms with Crippen molar-refractivity contribution in [2.75, 3.05) is 52.9 Å². The maximum Gasteiger partial charge on any atom is 0.490 e. The van der Waals surface area contributed by atoms with Gasteiger partial charge in [-0.2, -0.15) is 52.7 Å². The molecule has 3 aliphatic rings. The number of aliphatic carboxylic acids is 4. The molecule has 1 aromatic heterocycles. The second kappa shape index (κ2) is 21.1. The fourth-order valence-electron chi connectivity index (χ4n) is 4.68. The van der Waals surface area contributed by atoms with E-state index in [9.17, 15) is 52.7 Å². The lowest BCUT2D eigenvalue weighted by atomic mass is 9.90. The molecule has 0 saturated carbocycles. The minimum Gasteiger partial charge on any atom is -0.475 e. The Labute approximate surface area is 292 Å². The van der Waals surface area contributed by atoms with Crippen molar-refractivity contribution in [2.24, 2.45) is 0 Å². The number of ether oxygens (including phenoxy) is 1. The first-order valence-corrected chi connectivity index (χ1v) is 14.9. The molecule has 4 heterocycles. The lowest BCUT2D eigenvalue weighted by Gasteiger charge is -2.42. The summed E-state index contributed by atoms with van der Waals surface area (Å²) in [5.74, 6) is -11.0. The molecule has 0 amide bonds. The van der Waals surface area contributed by atoms with E-state index in [1.807, 2.05) is 12.4 Å². The van der Waals surface area contributed by atoms with Crippen LogP contribution in [0.1, 0.15) is 31.2 Å². The first-order valence-electron chi connectivity index (χ1n) is 14.9. The van der Waals surface area contributed by atoms with Crippen LogP contribution in [-0.2, 0) is 30.5 Å². The van der Waals surface area contributed by atoms with Crippen LogP contribution in [0.15, 0.2) is 24.5 Å². The van der Waals surface area contributed by atoms with E-state index < -0.39 is 48.6 Å². The van der Waals surface area contributed by atoms with E-state index in [1.165, 1.54) is 57.4 Å². The molecule has 0 aromatic carbocycles. The number of pyridine rings is 1. The predicted octanol–water partition coefficient (Wildman–Crippen LogP) is 4.38. The highest BCUT2D eigenvalue weighted by atomic mass is 19.4. The Hall–Kier alpha value is -3.97. The topological polar surface area (TPSA) is 181 Å². The van der Waals surface area contributed by atoms with Crippen LogP contribution in [0.25, 0.3) is 0 Å². The Balaban J connectivity index is 0.000000791. The molecule has 4 N–H and O–H groups in total. The van der Waals surface area contributed by atoms with Gasteiger partial charge in [-0.1, -0.05) is 0 Å². The van der Waals surface area contributed by atoms with E-state index in [1.54, 1.807) is 0 Å². The molecule has 306 valence electrons. The molecule has 1 aromatic rings. The van der Waals surface area contributed by atoms with Crippen molar-refractivity contribution in [3.63, 3.8) is 0 Å². The van der Waals surface area contributed by atoms with Crippen molar-refractivity contribution in [3.05, 3.63) is 30.1 Å². The second-order valence-corrected chi connectivity index (χ2v) is 11.4. The molecule has 3 aliphatic heterocycles. The average molecular weight is 801 g/mol. The molecule has 53 heavy (non-hydrogen) atoms. The Bertz CT molecular complexity index is 1200. The van der Waals surface area contributed by atoms with Crippen LogP contribution in [0.4, 0.5) is 52.7 Å². The summed E-state index contributed by atoms with van der Waals surface area (Å²) in [7, 11) is 2.22. The number of alkyl halides is 12. The van der Waals surface area contributed by atoms with Crippen LogP contribution in [0, 0.1) is 0 Å². The van der Waals surface area contributed by atoms with Gasteiger partial charge in [-0.3, -0.25) is 14.8 Å². The zero-order valence-corrected chi connectivity index (χ0v) is 27.5. The van der Waals surface area contributed by atoms with E-state index in [-0.39, 0.29) is 5.60 Å². The lowest BCUT2D eigenvalue weighted by molar-refractivity contribution is -0.193. The molecule has 0 bridgehead atoms. The van der Waals surface area contributed by atoms with Gasteiger partial charge in [0.15, 0.2) is 0 Å². The number of carbonyl (C=O) groups is 4. The minimum atomic E-state index is -5.08. The molecule has 2 atom stereocenters. The molecule has 4 rings (SSSR count). The smallest absolute Gasteiger partial charge is 0.475 e. The molecule has 3 saturated heterocycles. The zero-order valence-electron chi connectivity index (χ0n) is 27.5. The van der Waals surface area contributed by atoms with Gasteiger partial charge >= 0.3 is 48.6 Å². The summed E-state index contributed by atoms with van der Waals surface area (Å²) in [6.45, 7) is 9.17. The monoisotopic (exact) mass is 800 g/mol. The molecule has 0 unspecified atom stereocenters. The van der Waals surface area contributed by atoms with E-state index in [4.69, 9.17) is 44.3 Å². The third-order valence-electron chi connectivity index (χ3n) is 7.15. The van der Waals surface area contributed by atoms with Gasteiger partial charge in [0.05, 0.1) is 11.7 Å². The number of hydrogen-bond donors (Lipinski definition) is 4. The third-order valence-corrected chi connectivity index (χ3v) is 7.15. The van der Waals surface area contributed by atoms with Crippen molar-refractivity contribution in [1.82, 2.24) is 19.7 Å². The van der Waals surface area contributed by atoms with Crippen LogP contribution >= 0.6 is 0 Å². The van der Waals surface area contributed by atoms with Gasteiger partial charge in [0.25, 0.3) is 0 Å². The van der Waals surface area contributed by atoms with Crippen molar-refractivity contribution in [2.45, 2.75) is 68.6 Å². The number of carboxylic acid groups (broad SMARTS) is 4. The minimum absolute atomic E-state index is 0.114. The number of likely N-dealkylation sites (N-methyl/N-ethyl adjacent to an activating group) is 1. The summed E-state index contributed by atoms with van der Waals surface area (Å²) in [5.41, 5.74) is 1.47. The van der Waals surface area contributed by atoms with Crippen LogP contribution in [-0.4, -0.2) is 153 Å². The van der Waals surface area contributed by atoms with Gasteiger partial charge in [-0.05, 0) is 50.4 Å². The van der Waals surface area contributed by atoms with Crippen molar-refractivity contribution < 1.29 is 97.0 Å². The van der Waals surface area contributed by atoms with Gasteiger partial charge in [0.1, 0.15) is 0 Å². The SMILES string of the molecule is CN1CCN(C[C@H]2CCC[C@]3(CCN(Cc4ccncc4)C3)O2)CC1.O=C(O)C(F)(F)F.O=C(O)C(F)(F)F.O=C(O)C(F)(F)F.O=C(O)C(F)(F)F. The van der Waals surface area contributed by atoms with Gasteiger partial charge in [0, 0.05) is 64.8 Å². The zero-order chi connectivity index (χ0) is 41.4. The predicted molar refractivity (Wildman–Crippen MR) is 154 cm³/mol. The largest absolute Gasteiger partial charge is 0.490 e. The number of aromatic nitrogens is 1. The van der Waals surface area contributed by atoms with Crippen molar-refractivity contribution >= 4 is 23.9 Å². The van der Waals surface area contributed by atoms with E-state index in [0.29, 0.717) is 6.10 Å². The highest BCUT2D eigenvalue weighted by molar-refractivity contribution is 5.74. The van der Waals surface area contributed by atoms with Crippen LogP contribution in [0.3, 0.4) is 0 Å². The third kappa shape index (κ3) is 21.4. The van der Waals surface area contributed by atoms with Crippen LogP contribution in [0.5, 0.6) is 0 Å². The summed E-state index contributed by atoms with van der Waals surface area (Å²) in [6.07, 6.45) is -11.1. The summed E-state index contributed by atoms with van der Waals surface area (Å²) in [6, 6.07) is 4.26. The van der Waals surface area contributed by atoms with E-state index in [0.717, 1.165) is 26.2 Å². The number of carboxylic acids is 4. The summed E-state index contributed by atoms with van der Waals surface area (Å²) in [5, 5.41) is 28.5. The van der Waals surface area contributed by atoms with Gasteiger partial charge in [-0.15, -0.1) is 0 Å². The number of likely N-dealkylation sites (tertiary alicyclic amines) is 1. The molecule has 0 aliphatic carbocycles. The van der Waals surface area contributed by atoms with E-state index >= 15 is 0 Å². The molecule has 3 fully saturated rings. The number of halogens is 12. The second-order valence-electron chi connectivity index (χ2n) is 11.4. The van der Waals surface area contributed by atoms with Crippen LogP contribution in [0.2, 0.25) is 0 Å². The normalized spacial score (nSPS) is 21.3. The Morgan fingerprint density at radius 3 is 1.47 bits per heavy atom. The number of piperazine rings is 1. The summed E-state index contributed by atoms with van der Waals surface area (Å²) < 4.78 is 134. The fraction of sp³-hybridized carbons (Fsp3) is 0.679. The Kier molecular flexibility index (Phi) is 19.5. The number of hydrogen-bond acceptors (Lipinski definition) is 9. The number of nitrogens with zero attached hydrogens (tertiary/aromatic N) is 4. The molecule has 13 nitrogen and oxygen atoms in total. The van der Waals surface area contributed by atoms with E-state index in [2.05, 4.69) is 38.9 Å². The first-order chi connectivity index (χ1) is 24.0. The quantitative estimate of drug-likeness (QED) is 0.316. The molecule has 1 spiro atoms. The van der Waals surface area contributed by atoms with Gasteiger partial charge < -0.3 is 30.1 Å². The fourth-order valence-corrected chi connectivity index (χ4v) is 4.68. The molecule has 25 heteroatoms. The maximum atomic E-state index is 10.6. The van der Waals surface area contributed by atoms with Gasteiger partial charge in [-0.25, -0.2) is 19.2 Å². The van der Waals surface area contributed by atoms with Crippen molar-refractivity contribution in [1.29, 1.82) is 0 Å². The molecular weight excluding hydrogens is 764 g/mol. The highest BCUT2D eigenvalue weighted by Crippen LogP contribution is 2.37.